The van der Waals surface area contributed by atoms with Crippen molar-refractivity contribution in [2.24, 2.45) is 5.92 Å². The van der Waals surface area contributed by atoms with Crippen LogP contribution in [0, 0.1) is 5.92 Å². The summed E-state index contributed by atoms with van der Waals surface area (Å²) in [7, 11) is 0. The van der Waals surface area contributed by atoms with Crippen molar-refractivity contribution in [1.29, 1.82) is 0 Å². The van der Waals surface area contributed by atoms with E-state index in [0.717, 1.165) is 31.6 Å². The van der Waals surface area contributed by atoms with Gasteiger partial charge in [-0.2, -0.15) is 0 Å². The van der Waals surface area contributed by atoms with E-state index in [9.17, 15) is 0 Å². The molecule has 1 atom stereocenters. The molecule has 2 nitrogen and oxygen atoms in total. The summed E-state index contributed by atoms with van der Waals surface area (Å²) in [5.74, 6) is 0.663. The molecule has 0 aliphatic rings. The van der Waals surface area contributed by atoms with Crippen LogP contribution in [-0.2, 0) is 9.47 Å². The summed E-state index contributed by atoms with van der Waals surface area (Å²) in [6, 6.07) is 10.2. The van der Waals surface area contributed by atoms with E-state index in [2.05, 4.69) is 32.9 Å². The van der Waals surface area contributed by atoms with E-state index in [1.54, 1.807) is 0 Å². The van der Waals surface area contributed by atoms with E-state index in [4.69, 9.17) is 9.47 Å². The van der Waals surface area contributed by atoms with Gasteiger partial charge >= 0.3 is 0 Å². The lowest BCUT2D eigenvalue weighted by Gasteiger charge is -2.19. The predicted molar refractivity (Wildman–Crippen MR) is 84.7 cm³/mol. The second-order valence-electron chi connectivity index (χ2n) is 5.73. The van der Waals surface area contributed by atoms with Gasteiger partial charge in [0.15, 0.2) is 6.29 Å². The van der Waals surface area contributed by atoms with Crippen LogP contribution in [0.3, 0.4) is 0 Å². The minimum Gasteiger partial charge on any atom is -0.348 e. The molecule has 0 spiro atoms. The number of ether oxygens (including phenoxy) is 2. The third kappa shape index (κ3) is 7.66. The number of benzene rings is 1. The summed E-state index contributed by atoms with van der Waals surface area (Å²) in [4.78, 5) is 0. The Morgan fingerprint density at radius 3 is 2.25 bits per heavy atom. The fourth-order valence-electron chi connectivity index (χ4n) is 1.98. The highest BCUT2D eigenvalue weighted by Crippen LogP contribution is 2.20. The molecule has 1 aromatic carbocycles. The Balaban J connectivity index is 2.39. The summed E-state index contributed by atoms with van der Waals surface area (Å²) in [5, 5.41) is 0. The number of hydrogen-bond donors (Lipinski definition) is 0. The molecule has 0 fully saturated rings. The first-order valence-electron chi connectivity index (χ1n) is 8.02. The van der Waals surface area contributed by atoms with E-state index < -0.39 is 0 Å². The van der Waals surface area contributed by atoms with E-state index >= 15 is 0 Å². The number of unbranched alkanes of at least 4 members (excludes halogenated alkanes) is 3. The van der Waals surface area contributed by atoms with E-state index in [0.29, 0.717) is 5.92 Å². The molecule has 0 saturated heterocycles. The van der Waals surface area contributed by atoms with Gasteiger partial charge in [0.05, 0.1) is 13.2 Å². The molecule has 1 aromatic rings. The van der Waals surface area contributed by atoms with Crippen molar-refractivity contribution in [3.63, 3.8) is 0 Å². The zero-order chi connectivity index (χ0) is 14.6. The van der Waals surface area contributed by atoms with Crippen LogP contribution in [0.1, 0.15) is 64.7 Å². The standard InChI is InChI=1S/C18H30O2/c1-4-5-6-10-14-19-18(20-15-13-16(2)3)17-11-8-7-9-12-17/h7-9,11-12,16,18H,4-6,10,13-15H2,1-3H3. The molecule has 0 aliphatic carbocycles. The van der Waals surface area contributed by atoms with Crippen molar-refractivity contribution in [2.45, 2.75) is 59.2 Å². The maximum atomic E-state index is 5.93. The van der Waals surface area contributed by atoms with Gasteiger partial charge in [0.25, 0.3) is 0 Å². The molecule has 0 heterocycles. The lowest BCUT2D eigenvalue weighted by atomic mass is 10.1. The van der Waals surface area contributed by atoms with Crippen LogP contribution >= 0.6 is 0 Å². The van der Waals surface area contributed by atoms with Crippen molar-refractivity contribution in [3.05, 3.63) is 35.9 Å². The van der Waals surface area contributed by atoms with Gasteiger partial charge in [-0.3, -0.25) is 0 Å². The highest BCUT2D eigenvalue weighted by Gasteiger charge is 2.12. The first-order valence-corrected chi connectivity index (χ1v) is 8.02. The SMILES string of the molecule is CCCCCCOC(OCCC(C)C)c1ccccc1. The molecule has 0 aliphatic heterocycles. The van der Waals surface area contributed by atoms with Gasteiger partial charge in [-0.25, -0.2) is 0 Å². The van der Waals surface area contributed by atoms with Crippen molar-refractivity contribution in [1.82, 2.24) is 0 Å². The molecule has 0 radical (unpaired) electrons. The first kappa shape index (κ1) is 17.2. The average molecular weight is 278 g/mol. The molecule has 20 heavy (non-hydrogen) atoms. The van der Waals surface area contributed by atoms with Gasteiger partial charge in [-0.1, -0.05) is 70.4 Å². The van der Waals surface area contributed by atoms with Crippen LogP contribution < -0.4 is 0 Å². The van der Waals surface area contributed by atoms with Crippen LogP contribution in [0.2, 0.25) is 0 Å². The zero-order valence-corrected chi connectivity index (χ0v) is 13.3. The minimum atomic E-state index is -0.212. The van der Waals surface area contributed by atoms with Crippen LogP contribution in [0.15, 0.2) is 30.3 Å². The summed E-state index contributed by atoms with van der Waals surface area (Å²) < 4.78 is 11.9. The Bertz CT molecular complexity index is 321. The third-order valence-corrected chi connectivity index (χ3v) is 3.30. The fourth-order valence-corrected chi connectivity index (χ4v) is 1.98. The van der Waals surface area contributed by atoms with Gasteiger partial charge in [0, 0.05) is 5.56 Å². The van der Waals surface area contributed by atoms with Gasteiger partial charge in [-0.05, 0) is 18.8 Å². The lowest BCUT2D eigenvalue weighted by Crippen LogP contribution is -2.12. The molecule has 0 saturated carbocycles. The number of rotatable bonds is 11. The predicted octanol–water partition coefficient (Wildman–Crippen LogP) is 5.34. The summed E-state index contributed by atoms with van der Waals surface area (Å²) in [6.45, 7) is 8.19. The topological polar surface area (TPSA) is 18.5 Å². The molecule has 114 valence electrons. The van der Waals surface area contributed by atoms with E-state index in [-0.39, 0.29) is 6.29 Å². The van der Waals surface area contributed by atoms with Gasteiger partial charge in [0.2, 0.25) is 0 Å². The molecule has 1 rings (SSSR count). The Morgan fingerprint density at radius 2 is 1.60 bits per heavy atom. The fraction of sp³-hybridized carbons (Fsp3) is 0.667. The molecule has 2 heteroatoms. The van der Waals surface area contributed by atoms with Crippen molar-refractivity contribution in [3.8, 4) is 0 Å². The smallest absolute Gasteiger partial charge is 0.183 e. The summed E-state index contributed by atoms with van der Waals surface area (Å²) >= 11 is 0. The number of hydrogen-bond acceptors (Lipinski definition) is 2. The zero-order valence-electron chi connectivity index (χ0n) is 13.3. The summed E-state index contributed by atoms with van der Waals surface area (Å²) in [5.41, 5.74) is 1.12. The highest BCUT2D eigenvalue weighted by molar-refractivity contribution is 5.15. The summed E-state index contributed by atoms with van der Waals surface area (Å²) in [6.07, 6.45) is 5.76. The van der Waals surface area contributed by atoms with Crippen molar-refractivity contribution >= 4 is 0 Å². The quantitative estimate of drug-likeness (QED) is 0.401. The Hall–Kier alpha value is -0.860. The minimum absolute atomic E-state index is 0.212. The first-order chi connectivity index (χ1) is 9.74. The van der Waals surface area contributed by atoms with E-state index in [1.807, 2.05) is 18.2 Å². The molecule has 0 amide bonds. The molecule has 0 aromatic heterocycles. The van der Waals surface area contributed by atoms with Crippen molar-refractivity contribution in [2.75, 3.05) is 13.2 Å². The van der Waals surface area contributed by atoms with Crippen LogP contribution in [0.5, 0.6) is 0 Å². The largest absolute Gasteiger partial charge is 0.348 e. The second-order valence-corrected chi connectivity index (χ2v) is 5.73. The molecular weight excluding hydrogens is 248 g/mol. The second kappa shape index (κ2) is 10.9. The molecular formula is C18H30O2. The maximum Gasteiger partial charge on any atom is 0.183 e. The van der Waals surface area contributed by atoms with Crippen molar-refractivity contribution < 1.29 is 9.47 Å². The molecule has 1 unspecified atom stereocenters. The van der Waals surface area contributed by atoms with Gasteiger partial charge in [-0.15, -0.1) is 0 Å². The molecule has 0 bridgehead atoms. The van der Waals surface area contributed by atoms with Crippen LogP contribution in [0.4, 0.5) is 0 Å². The van der Waals surface area contributed by atoms with Crippen LogP contribution in [0.25, 0.3) is 0 Å². The Morgan fingerprint density at radius 1 is 0.900 bits per heavy atom. The third-order valence-electron chi connectivity index (χ3n) is 3.30. The molecule has 0 N–H and O–H groups in total. The van der Waals surface area contributed by atoms with Crippen LogP contribution in [-0.4, -0.2) is 13.2 Å². The average Bonchev–Trinajstić information content (AvgIpc) is 2.46. The normalized spacial score (nSPS) is 12.8. The highest BCUT2D eigenvalue weighted by atomic mass is 16.7. The Labute approximate surface area is 124 Å². The lowest BCUT2D eigenvalue weighted by molar-refractivity contribution is -0.149. The monoisotopic (exact) mass is 278 g/mol. The van der Waals surface area contributed by atoms with Gasteiger partial charge in [0.1, 0.15) is 0 Å². The maximum absolute atomic E-state index is 5.93. The Kier molecular flexibility index (Phi) is 9.35. The van der Waals surface area contributed by atoms with Gasteiger partial charge < -0.3 is 9.47 Å². The van der Waals surface area contributed by atoms with E-state index in [1.165, 1.54) is 19.3 Å².